The van der Waals surface area contributed by atoms with Crippen LogP contribution in [0.3, 0.4) is 0 Å². The zero-order valence-corrected chi connectivity index (χ0v) is 19.3. The van der Waals surface area contributed by atoms with Gasteiger partial charge in [-0.25, -0.2) is 0 Å². The van der Waals surface area contributed by atoms with Gasteiger partial charge in [0.1, 0.15) is 29.7 Å². The standard InChI is InChI=1S/C24H18BrClN2O4/c1-30-21-9-14(8-18(25)23(21)31-12-13-4-2-3-5-19(13)26)22-16-7-6-15(29)10-20(16)32-24(28)17(22)11-27/h2-10,22,29H,12,28H2,1H3/t22-/m1/s1. The molecule has 0 spiro atoms. The van der Waals surface area contributed by atoms with Crippen LogP contribution in [0.25, 0.3) is 0 Å². The average Bonchev–Trinajstić information content (AvgIpc) is 2.77. The van der Waals surface area contributed by atoms with Crippen LogP contribution in [0.1, 0.15) is 22.6 Å². The summed E-state index contributed by atoms with van der Waals surface area (Å²) in [5.41, 5.74) is 8.57. The minimum Gasteiger partial charge on any atom is -0.508 e. The molecule has 0 aliphatic carbocycles. The van der Waals surface area contributed by atoms with Crippen molar-refractivity contribution in [2.24, 2.45) is 5.73 Å². The highest BCUT2D eigenvalue weighted by Crippen LogP contribution is 2.47. The van der Waals surface area contributed by atoms with Crippen LogP contribution in [-0.2, 0) is 6.61 Å². The Morgan fingerprint density at radius 1 is 1.22 bits per heavy atom. The van der Waals surface area contributed by atoms with Crippen LogP contribution in [0, 0.1) is 11.3 Å². The first kappa shape index (κ1) is 21.9. The summed E-state index contributed by atoms with van der Waals surface area (Å²) >= 11 is 9.80. The second-order valence-corrected chi connectivity index (χ2v) is 8.32. The van der Waals surface area contributed by atoms with Crippen LogP contribution in [-0.4, -0.2) is 12.2 Å². The number of methoxy groups -OCH3 is 1. The van der Waals surface area contributed by atoms with Crippen LogP contribution in [0.2, 0.25) is 5.02 Å². The van der Waals surface area contributed by atoms with Crippen LogP contribution in [0.15, 0.2) is 70.5 Å². The molecule has 0 bridgehead atoms. The molecule has 0 fully saturated rings. The molecule has 0 saturated heterocycles. The van der Waals surface area contributed by atoms with Gasteiger partial charge in [0, 0.05) is 22.2 Å². The minimum absolute atomic E-state index is 0.00950. The van der Waals surface area contributed by atoms with Gasteiger partial charge in [-0.05, 0) is 45.8 Å². The fourth-order valence-electron chi connectivity index (χ4n) is 3.60. The van der Waals surface area contributed by atoms with E-state index in [1.54, 1.807) is 31.4 Å². The lowest BCUT2D eigenvalue weighted by molar-refractivity contribution is 0.282. The van der Waals surface area contributed by atoms with Gasteiger partial charge in [-0.3, -0.25) is 0 Å². The predicted molar refractivity (Wildman–Crippen MR) is 124 cm³/mol. The molecular weight excluding hydrogens is 496 g/mol. The van der Waals surface area contributed by atoms with Gasteiger partial charge in [-0.1, -0.05) is 35.9 Å². The van der Waals surface area contributed by atoms with E-state index >= 15 is 0 Å². The first-order valence-corrected chi connectivity index (χ1v) is 10.7. The molecule has 1 aliphatic rings. The van der Waals surface area contributed by atoms with Gasteiger partial charge in [0.15, 0.2) is 11.5 Å². The fraction of sp³-hybridized carbons (Fsp3) is 0.125. The van der Waals surface area contributed by atoms with Crippen LogP contribution < -0.4 is 19.9 Å². The Morgan fingerprint density at radius 3 is 2.72 bits per heavy atom. The van der Waals surface area contributed by atoms with E-state index in [1.165, 1.54) is 6.07 Å². The molecule has 4 rings (SSSR count). The number of halogens is 2. The van der Waals surface area contributed by atoms with E-state index in [-0.39, 0.29) is 23.8 Å². The number of hydrogen-bond donors (Lipinski definition) is 2. The summed E-state index contributed by atoms with van der Waals surface area (Å²) in [5, 5.41) is 20.2. The van der Waals surface area contributed by atoms with E-state index in [9.17, 15) is 10.4 Å². The van der Waals surface area contributed by atoms with Crippen molar-refractivity contribution in [2.45, 2.75) is 12.5 Å². The predicted octanol–water partition coefficient (Wildman–Crippen LogP) is 5.61. The Kier molecular flexibility index (Phi) is 6.17. The van der Waals surface area contributed by atoms with Gasteiger partial charge in [0.2, 0.25) is 5.88 Å². The quantitative estimate of drug-likeness (QED) is 0.460. The molecule has 0 unspecified atom stereocenters. The maximum Gasteiger partial charge on any atom is 0.205 e. The highest BCUT2D eigenvalue weighted by Gasteiger charge is 2.32. The fourth-order valence-corrected chi connectivity index (χ4v) is 4.36. The highest BCUT2D eigenvalue weighted by molar-refractivity contribution is 9.10. The van der Waals surface area contributed by atoms with Crippen molar-refractivity contribution in [3.8, 4) is 29.1 Å². The summed E-state index contributed by atoms with van der Waals surface area (Å²) in [5.74, 6) is 0.893. The highest BCUT2D eigenvalue weighted by atomic mass is 79.9. The molecule has 1 aliphatic heterocycles. The van der Waals surface area contributed by atoms with Crippen molar-refractivity contribution in [2.75, 3.05) is 7.11 Å². The number of nitriles is 1. The molecule has 0 radical (unpaired) electrons. The maximum atomic E-state index is 9.83. The topological polar surface area (TPSA) is 97.7 Å². The van der Waals surface area contributed by atoms with Gasteiger partial charge in [-0.15, -0.1) is 0 Å². The summed E-state index contributed by atoms with van der Waals surface area (Å²) in [7, 11) is 1.54. The molecule has 6 nitrogen and oxygen atoms in total. The zero-order valence-electron chi connectivity index (χ0n) is 16.9. The summed E-state index contributed by atoms with van der Waals surface area (Å²) in [4.78, 5) is 0. The Labute approximate surface area is 198 Å². The first-order valence-electron chi connectivity index (χ1n) is 9.57. The largest absolute Gasteiger partial charge is 0.508 e. The Hall–Kier alpha value is -3.34. The summed E-state index contributed by atoms with van der Waals surface area (Å²) in [6, 6.07) is 17.9. The second-order valence-electron chi connectivity index (χ2n) is 7.06. The molecule has 0 amide bonds. The number of phenols is 1. The molecule has 162 valence electrons. The van der Waals surface area contributed by atoms with Gasteiger partial charge in [0.25, 0.3) is 0 Å². The van der Waals surface area contributed by atoms with Gasteiger partial charge >= 0.3 is 0 Å². The Bertz CT molecular complexity index is 1270. The lowest BCUT2D eigenvalue weighted by Crippen LogP contribution is -2.21. The lowest BCUT2D eigenvalue weighted by Gasteiger charge is -2.27. The van der Waals surface area contributed by atoms with E-state index in [0.717, 1.165) is 11.1 Å². The molecule has 3 aromatic rings. The molecule has 32 heavy (non-hydrogen) atoms. The Morgan fingerprint density at radius 2 is 2.00 bits per heavy atom. The van der Waals surface area contributed by atoms with Gasteiger partial charge in [0.05, 0.1) is 17.5 Å². The smallest absolute Gasteiger partial charge is 0.205 e. The van der Waals surface area contributed by atoms with Gasteiger partial charge in [-0.2, -0.15) is 5.26 Å². The zero-order chi connectivity index (χ0) is 22.8. The number of fused-ring (bicyclic) bond motifs is 1. The number of nitrogens with zero attached hydrogens (tertiary/aromatic N) is 1. The van der Waals surface area contributed by atoms with Crippen molar-refractivity contribution in [3.05, 3.63) is 92.2 Å². The van der Waals surface area contributed by atoms with Crippen molar-refractivity contribution in [1.82, 2.24) is 0 Å². The molecule has 0 aromatic heterocycles. The summed E-state index contributed by atoms with van der Waals surface area (Å²) in [6.07, 6.45) is 0. The Balaban J connectivity index is 1.76. The van der Waals surface area contributed by atoms with E-state index in [0.29, 0.717) is 32.3 Å². The number of nitrogens with two attached hydrogens (primary N) is 1. The number of phenolic OH excluding ortho intramolecular Hbond substituents is 1. The van der Waals surface area contributed by atoms with Crippen LogP contribution >= 0.6 is 27.5 Å². The number of allylic oxidation sites excluding steroid dienone is 1. The molecule has 3 aromatic carbocycles. The first-order chi connectivity index (χ1) is 15.4. The number of rotatable bonds is 5. The number of benzene rings is 3. The normalized spacial score (nSPS) is 14.9. The van der Waals surface area contributed by atoms with Crippen LogP contribution in [0.4, 0.5) is 0 Å². The number of hydrogen-bond acceptors (Lipinski definition) is 6. The minimum atomic E-state index is -0.507. The van der Waals surface area contributed by atoms with Crippen molar-refractivity contribution < 1.29 is 19.3 Å². The third-order valence-corrected chi connectivity index (χ3v) is 6.08. The number of ether oxygens (including phenoxy) is 3. The lowest BCUT2D eigenvalue weighted by atomic mass is 9.83. The molecule has 1 heterocycles. The van der Waals surface area contributed by atoms with E-state index < -0.39 is 5.92 Å². The van der Waals surface area contributed by atoms with Crippen molar-refractivity contribution in [1.29, 1.82) is 5.26 Å². The second kappa shape index (κ2) is 9.03. The van der Waals surface area contributed by atoms with E-state index in [4.69, 9.17) is 31.5 Å². The van der Waals surface area contributed by atoms with E-state index in [2.05, 4.69) is 22.0 Å². The van der Waals surface area contributed by atoms with Crippen molar-refractivity contribution >= 4 is 27.5 Å². The molecule has 1 atom stereocenters. The molecule has 3 N–H and O–H groups in total. The number of aromatic hydroxyl groups is 1. The SMILES string of the molecule is COc1cc([C@H]2C(C#N)=C(N)Oc3cc(O)ccc32)cc(Br)c1OCc1ccccc1Cl. The third kappa shape index (κ3) is 4.07. The van der Waals surface area contributed by atoms with E-state index in [1.807, 2.05) is 24.3 Å². The molecule has 0 saturated carbocycles. The van der Waals surface area contributed by atoms with Crippen LogP contribution in [0.5, 0.6) is 23.0 Å². The maximum absolute atomic E-state index is 9.83. The molecular formula is C24H18BrClN2O4. The summed E-state index contributed by atoms with van der Waals surface area (Å²) in [6.45, 7) is 0.254. The summed E-state index contributed by atoms with van der Waals surface area (Å²) < 4.78 is 17.8. The third-order valence-electron chi connectivity index (χ3n) is 5.12. The van der Waals surface area contributed by atoms with Crippen molar-refractivity contribution in [3.63, 3.8) is 0 Å². The van der Waals surface area contributed by atoms with Gasteiger partial charge < -0.3 is 25.1 Å². The average molecular weight is 514 g/mol. The molecule has 8 heteroatoms. The monoisotopic (exact) mass is 512 g/mol.